The summed E-state index contributed by atoms with van der Waals surface area (Å²) in [5, 5.41) is 20.6. The second-order valence-electron chi connectivity index (χ2n) is 3.49. The van der Waals surface area contributed by atoms with E-state index in [0.717, 1.165) is 0 Å². The number of hydrogen-bond acceptors (Lipinski definition) is 3. The summed E-state index contributed by atoms with van der Waals surface area (Å²) in [4.78, 5) is 0. The number of halogens is 1. The Hall–Kier alpha value is -1.28. The van der Waals surface area contributed by atoms with E-state index in [1.807, 2.05) is 6.07 Å². The van der Waals surface area contributed by atoms with Crippen LogP contribution in [0.15, 0.2) is 30.2 Å². The Morgan fingerprint density at radius 1 is 1.44 bits per heavy atom. The second-order valence-corrected chi connectivity index (χ2v) is 3.49. The SMILES string of the molecule is CCO/C([O-])=C1\C=C(C#N)c2ccc(F)cc21.[Na+]. The number of hydrogen-bond donors (Lipinski definition) is 0. The van der Waals surface area contributed by atoms with Gasteiger partial charge in [0, 0.05) is 11.1 Å². The Labute approximate surface area is 126 Å². The van der Waals surface area contributed by atoms with Gasteiger partial charge in [-0.15, -0.1) is 0 Å². The average molecular weight is 253 g/mol. The van der Waals surface area contributed by atoms with E-state index < -0.39 is 11.8 Å². The van der Waals surface area contributed by atoms with Crippen LogP contribution in [0.3, 0.4) is 0 Å². The molecule has 0 N–H and O–H groups in total. The van der Waals surface area contributed by atoms with E-state index >= 15 is 0 Å². The first kappa shape index (κ1) is 14.8. The Morgan fingerprint density at radius 2 is 2.17 bits per heavy atom. The summed E-state index contributed by atoms with van der Waals surface area (Å²) in [6.45, 7) is 1.93. The van der Waals surface area contributed by atoms with Crippen molar-refractivity contribution < 1.29 is 43.8 Å². The summed E-state index contributed by atoms with van der Waals surface area (Å²) >= 11 is 0. The van der Waals surface area contributed by atoms with Gasteiger partial charge >= 0.3 is 29.6 Å². The number of fused-ring (bicyclic) bond motifs is 1. The van der Waals surface area contributed by atoms with Crippen LogP contribution in [0.25, 0.3) is 11.1 Å². The smallest absolute Gasteiger partial charge is 0.613 e. The third-order valence-electron chi connectivity index (χ3n) is 2.47. The van der Waals surface area contributed by atoms with Gasteiger partial charge in [-0.25, -0.2) is 4.39 Å². The molecule has 3 nitrogen and oxygen atoms in total. The van der Waals surface area contributed by atoms with Crippen LogP contribution in [0.2, 0.25) is 0 Å². The number of rotatable bonds is 2. The predicted molar refractivity (Wildman–Crippen MR) is 58.5 cm³/mol. The fourth-order valence-electron chi connectivity index (χ4n) is 1.74. The largest absolute Gasteiger partial charge is 1.00 e. The van der Waals surface area contributed by atoms with Gasteiger partial charge in [-0.3, -0.25) is 0 Å². The van der Waals surface area contributed by atoms with Crippen LogP contribution in [0, 0.1) is 17.1 Å². The summed E-state index contributed by atoms with van der Waals surface area (Å²) in [5.74, 6) is -0.984. The van der Waals surface area contributed by atoms with Crippen LogP contribution in [-0.2, 0) is 4.74 Å². The Bertz CT molecular complexity index is 573. The molecule has 0 unspecified atom stereocenters. The fraction of sp³-hybridized carbons (Fsp3) is 0.154. The molecule has 0 spiro atoms. The van der Waals surface area contributed by atoms with Gasteiger partial charge < -0.3 is 9.84 Å². The van der Waals surface area contributed by atoms with Gasteiger partial charge in [-0.1, -0.05) is 13.0 Å². The van der Waals surface area contributed by atoms with Crippen molar-refractivity contribution in [3.63, 3.8) is 0 Å². The molecule has 0 saturated heterocycles. The molecule has 0 bridgehead atoms. The van der Waals surface area contributed by atoms with Crippen molar-refractivity contribution in [2.75, 3.05) is 6.61 Å². The van der Waals surface area contributed by atoms with Gasteiger partial charge in [0.1, 0.15) is 5.82 Å². The maximum absolute atomic E-state index is 13.1. The molecule has 0 saturated carbocycles. The molecule has 0 aromatic heterocycles. The molecule has 0 aliphatic heterocycles. The van der Waals surface area contributed by atoms with Crippen LogP contribution in [0.1, 0.15) is 18.1 Å². The molecule has 0 radical (unpaired) electrons. The minimum atomic E-state index is -0.537. The number of nitrogens with zero attached hydrogens (tertiary/aromatic N) is 1. The van der Waals surface area contributed by atoms with Crippen molar-refractivity contribution >= 4 is 11.1 Å². The molecule has 5 heteroatoms. The zero-order chi connectivity index (χ0) is 12.4. The van der Waals surface area contributed by atoms with Gasteiger partial charge in [-0.05, 0) is 30.4 Å². The second kappa shape index (κ2) is 6.05. The maximum atomic E-state index is 13.1. The quantitative estimate of drug-likeness (QED) is 0.492. The monoisotopic (exact) mass is 253 g/mol. The standard InChI is InChI=1S/C13H10FNO2.Na/c1-2-17-13(16)12-5-8(7-15)10-4-3-9(14)6-11(10)12;/h3-6,16H,2H2,1H3;/q;+1/p-1/b13-12+;. The molecule has 86 valence electrons. The van der Waals surface area contributed by atoms with Crippen molar-refractivity contribution in [3.05, 3.63) is 47.2 Å². The van der Waals surface area contributed by atoms with E-state index in [1.54, 1.807) is 6.92 Å². The van der Waals surface area contributed by atoms with Gasteiger partial charge in [0.2, 0.25) is 0 Å². The molecule has 1 aromatic rings. The minimum absolute atomic E-state index is 0. The third-order valence-corrected chi connectivity index (χ3v) is 2.47. The average Bonchev–Trinajstić information content (AvgIpc) is 2.67. The summed E-state index contributed by atoms with van der Waals surface area (Å²) in [7, 11) is 0. The van der Waals surface area contributed by atoms with Gasteiger partial charge in [0.25, 0.3) is 0 Å². The van der Waals surface area contributed by atoms with E-state index in [0.29, 0.717) is 16.7 Å². The molecule has 1 aliphatic rings. The molecule has 18 heavy (non-hydrogen) atoms. The molecular formula is C13H9FNNaO2. The van der Waals surface area contributed by atoms with Crippen molar-refractivity contribution in [2.24, 2.45) is 0 Å². The summed E-state index contributed by atoms with van der Waals surface area (Å²) in [5.41, 5.74) is 1.57. The number of ether oxygens (including phenoxy) is 1. The molecule has 0 atom stereocenters. The summed E-state index contributed by atoms with van der Waals surface area (Å²) in [6.07, 6.45) is 1.43. The maximum Gasteiger partial charge on any atom is 1.00 e. The Balaban J connectivity index is 0.00000162. The number of benzene rings is 1. The van der Waals surface area contributed by atoms with E-state index in [-0.39, 0.29) is 41.7 Å². The van der Waals surface area contributed by atoms with Crippen molar-refractivity contribution in [1.82, 2.24) is 0 Å². The topological polar surface area (TPSA) is 56.1 Å². The third kappa shape index (κ3) is 2.59. The molecule has 1 aliphatic carbocycles. The molecule has 0 heterocycles. The Kier molecular flexibility index (Phi) is 4.97. The van der Waals surface area contributed by atoms with Crippen LogP contribution in [0.4, 0.5) is 4.39 Å². The first-order valence-electron chi connectivity index (χ1n) is 5.13. The van der Waals surface area contributed by atoms with E-state index in [4.69, 9.17) is 10.00 Å². The molecule has 0 amide bonds. The zero-order valence-corrected chi connectivity index (χ0v) is 12.2. The predicted octanol–water partition coefficient (Wildman–Crippen LogP) is -1.18. The minimum Gasteiger partial charge on any atom is -0.613 e. The molecule has 1 aromatic carbocycles. The Morgan fingerprint density at radius 3 is 2.78 bits per heavy atom. The van der Waals surface area contributed by atoms with E-state index in [1.165, 1.54) is 24.3 Å². The van der Waals surface area contributed by atoms with Crippen molar-refractivity contribution in [2.45, 2.75) is 6.92 Å². The number of allylic oxidation sites excluding steroid dienone is 3. The zero-order valence-electron chi connectivity index (χ0n) is 10.2. The van der Waals surface area contributed by atoms with Crippen molar-refractivity contribution in [3.8, 4) is 6.07 Å². The molecular weight excluding hydrogens is 244 g/mol. The first-order valence-corrected chi connectivity index (χ1v) is 5.13. The van der Waals surface area contributed by atoms with E-state index in [9.17, 15) is 9.50 Å². The van der Waals surface area contributed by atoms with Crippen LogP contribution < -0.4 is 34.7 Å². The molecule has 2 rings (SSSR count). The van der Waals surface area contributed by atoms with Crippen LogP contribution in [0.5, 0.6) is 0 Å². The normalized spacial score (nSPS) is 15.1. The van der Waals surface area contributed by atoms with Gasteiger partial charge in [-0.2, -0.15) is 5.26 Å². The van der Waals surface area contributed by atoms with Gasteiger partial charge in [0.15, 0.2) is 0 Å². The summed E-state index contributed by atoms with van der Waals surface area (Å²) < 4.78 is 18.0. The van der Waals surface area contributed by atoms with Crippen LogP contribution in [-0.4, -0.2) is 6.61 Å². The van der Waals surface area contributed by atoms with Crippen molar-refractivity contribution in [1.29, 1.82) is 5.26 Å². The fourth-order valence-corrected chi connectivity index (χ4v) is 1.74. The first-order chi connectivity index (χ1) is 8.17. The van der Waals surface area contributed by atoms with Crippen LogP contribution >= 0.6 is 0 Å². The molecule has 0 fully saturated rings. The van der Waals surface area contributed by atoms with Gasteiger partial charge in [0.05, 0.1) is 17.6 Å². The number of nitriles is 1. The summed E-state index contributed by atoms with van der Waals surface area (Å²) in [6, 6.07) is 5.97. The van der Waals surface area contributed by atoms with E-state index in [2.05, 4.69) is 0 Å².